The summed E-state index contributed by atoms with van der Waals surface area (Å²) >= 11 is 0. The van der Waals surface area contributed by atoms with Crippen molar-refractivity contribution in [1.29, 1.82) is 0 Å². The topological polar surface area (TPSA) is 20.3 Å². The lowest BCUT2D eigenvalue weighted by Gasteiger charge is -2.32. The van der Waals surface area contributed by atoms with Crippen molar-refractivity contribution in [2.24, 2.45) is 0 Å². The molecule has 4 heteroatoms. The standard InChI is InChI=1S/C12H13F2NO/c13-12(14)7-6-11(16)15(9-12)8-10-4-2-1-3-5-10/h1-5H,6-9H2. The summed E-state index contributed by atoms with van der Waals surface area (Å²) in [6.07, 6.45) is -0.378. The van der Waals surface area contributed by atoms with Gasteiger partial charge in [-0.3, -0.25) is 4.79 Å². The Bertz CT molecular complexity index is 378. The van der Waals surface area contributed by atoms with Crippen molar-refractivity contribution in [1.82, 2.24) is 4.90 Å². The summed E-state index contributed by atoms with van der Waals surface area (Å²) in [4.78, 5) is 12.7. The van der Waals surface area contributed by atoms with Crippen molar-refractivity contribution in [3.8, 4) is 0 Å². The van der Waals surface area contributed by atoms with Gasteiger partial charge in [0.2, 0.25) is 5.91 Å². The maximum atomic E-state index is 13.1. The number of hydrogen-bond donors (Lipinski definition) is 0. The van der Waals surface area contributed by atoms with E-state index in [4.69, 9.17) is 0 Å². The number of alkyl halides is 2. The molecule has 0 aromatic heterocycles. The number of benzene rings is 1. The minimum atomic E-state index is -2.73. The number of carbonyl (C=O) groups excluding carboxylic acids is 1. The quantitative estimate of drug-likeness (QED) is 0.757. The third-order valence-corrected chi connectivity index (χ3v) is 2.70. The zero-order valence-electron chi connectivity index (χ0n) is 8.83. The summed E-state index contributed by atoms with van der Waals surface area (Å²) in [5.41, 5.74) is 0.883. The van der Waals surface area contributed by atoms with Crippen molar-refractivity contribution >= 4 is 5.91 Å². The molecule has 1 fully saturated rings. The monoisotopic (exact) mass is 225 g/mol. The van der Waals surface area contributed by atoms with Crippen LogP contribution in [0, 0.1) is 0 Å². The molecule has 0 aliphatic carbocycles. The SMILES string of the molecule is O=C1CCC(F)(F)CN1Cc1ccccc1. The first kappa shape index (κ1) is 11.0. The summed E-state index contributed by atoms with van der Waals surface area (Å²) in [5, 5.41) is 0. The van der Waals surface area contributed by atoms with E-state index in [1.54, 1.807) is 0 Å². The van der Waals surface area contributed by atoms with Gasteiger partial charge in [-0.1, -0.05) is 30.3 Å². The number of carbonyl (C=O) groups is 1. The molecule has 0 bridgehead atoms. The second-order valence-electron chi connectivity index (χ2n) is 4.09. The van der Waals surface area contributed by atoms with Gasteiger partial charge in [0.15, 0.2) is 0 Å². The van der Waals surface area contributed by atoms with Gasteiger partial charge in [0, 0.05) is 19.4 Å². The first-order valence-electron chi connectivity index (χ1n) is 5.26. The van der Waals surface area contributed by atoms with Crippen molar-refractivity contribution in [3.63, 3.8) is 0 Å². The fourth-order valence-corrected chi connectivity index (χ4v) is 1.84. The Morgan fingerprint density at radius 3 is 2.62 bits per heavy atom. The van der Waals surface area contributed by atoms with Gasteiger partial charge in [0.25, 0.3) is 5.92 Å². The van der Waals surface area contributed by atoms with Gasteiger partial charge < -0.3 is 4.90 Å². The van der Waals surface area contributed by atoms with E-state index < -0.39 is 12.5 Å². The number of likely N-dealkylation sites (tertiary alicyclic amines) is 1. The second kappa shape index (κ2) is 4.20. The van der Waals surface area contributed by atoms with E-state index >= 15 is 0 Å². The van der Waals surface area contributed by atoms with E-state index in [-0.39, 0.29) is 25.3 Å². The molecule has 1 aliphatic heterocycles. The molecular weight excluding hydrogens is 212 g/mol. The molecule has 0 radical (unpaired) electrons. The van der Waals surface area contributed by atoms with E-state index in [0.717, 1.165) is 5.56 Å². The minimum absolute atomic E-state index is 0.0557. The Balaban J connectivity index is 2.06. The summed E-state index contributed by atoms with van der Waals surface area (Å²) in [5.74, 6) is -2.92. The predicted octanol–water partition coefficient (Wildman–Crippen LogP) is 2.44. The zero-order chi connectivity index (χ0) is 11.6. The van der Waals surface area contributed by atoms with Crippen molar-refractivity contribution in [3.05, 3.63) is 35.9 Å². The maximum Gasteiger partial charge on any atom is 0.265 e. The average Bonchev–Trinajstić information content (AvgIpc) is 2.25. The van der Waals surface area contributed by atoms with Crippen molar-refractivity contribution in [2.75, 3.05) is 6.54 Å². The summed E-state index contributed by atoms with van der Waals surface area (Å²) < 4.78 is 26.3. The highest BCUT2D eigenvalue weighted by Crippen LogP contribution is 2.28. The van der Waals surface area contributed by atoms with E-state index in [1.807, 2.05) is 30.3 Å². The molecule has 0 spiro atoms. The Kier molecular flexibility index (Phi) is 2.90. The highest BCUT2D eigenvalue weighted by atomic mass is 19.3. The maximum absolute atomic E-state index is 13.1. The molecule has 2 nitrogen and oxygen atoms in total. The van der Waals surface area contributed by atoms with Crippen molar-refractivity contribution in [2.45, 2.75) is 25.3 Å². The highest BCUT2D eigenvalue weighted by molar-refractivity contribution is 5.77. The third-order valence-electron chi connectivity index (χ3n) is 2.70. The van der Waals surface area contributed by atoms with Crippen LogP contribution in [0.5, 0.6) is 0 Å². The molecule has 1 saturated heterocycles. The Hall–Kier alpha value is -1.45. The highest BCUT2D eigenvalue weighted by Gasteiger charge is 2.38. The molecular formula is C12H13F2NO. The van der Waals surface area contributed by atoms with Crippen LogP contribution in [-0.2, 0) is 11.3 Å². The second-order valence-corrected chi connectivity index (χ2v) is 4.09. The Morgan fingerprint density at radius 1 is 1.25 bits per heavy atom. The van der Waals surface area contributed by atoms with Gasteiger partial charge in [-0.25, -0.2) is 8.78 Å². The van der Waals surface area contributed by atoms with E-state index in [0.29, 0.717) is 0 Å². The Labute approximate surface area is 92.9 Å². The third kappa shape index (κ3) is 2.56. The van der Waals surface area contributed by atoms with Gasteiger partial charge in [-0.05, 0) is 5.56 Å². The minimum Gasteiger partial charge on any atom is -0.332 e. The first-order valence-corrected chi connectivity index (χ1v) is 5.26. The van der Waals surface area contributed by atoms with Crippen LogP contribution in [-0.4, -0.2) is 23.3 Å². The van der Waals surface area contributed by atoms with E-state index in [1.165, 1.54) is 4.90 Å². The summed E-state index contributed by atoms with van der Waals surface area (Å²) in [7, 11) is 0. The number of amides is 1. The van der Waals surface area contributed by atoms with Crippen LogP contribution < -0.4 is 0 Å². The van der Waals surface area contributed by atoms with Crippen LogP contribution in [0.1, 0.15) is 18.4 Å². The largest absolute Gasteiger partial charge is 0.332 e. The smallest absolute Gasteiger partial charge is 0.265 e. The predicted molar refractivity (Wildman–Crippen MR) is 56.0 cm³/mol. The molecule has 1 amide bonds. The Morgan fingerprint density at radius 2 is 1.94 bits per heavy atom. The molecule has 0 N–H and O–H groups in total. The van der Waals surface area contributed by atoms with Crippen LogP contribution in [0.25, 0.3) is 0 Å². The number of halogens is 2. The lowest BCUT2D eigenvalue weighted by Crippen LogP contribution is -2.45. The van der Waals surface area contributed by atoms with Gasteiger partial charge in [0.1, 0.15) is 0 Å². The molecule has 2 rings (SSSR count). The van der Waals surface area contributed by atoms with Crippen molar-refractivity contribution < 1.29 is 13.6 Å². The van der Waals surface area contributed by atoms with E-state index in [9.17, 15) is 13.6 Å². The molecule has 1 heterocycles. The molecule has 0 saturated carbocycles. The lowest BCUT2D eigenvalue weighted by molar-refractivity contribution is -0.148. The van der Waals surface area contributed by atoms with Crippen LogP contribution in [0.4, 0.5) is 8.78 Å². The van der Waals surface area contributed by atoms with Gasteiger partial charge in [0.05, 0.1) is 6.54 Å². The molecule has 86 valence electrons. The fourth-order valence-electron chi connectivity index (χ4n) is 1.84. The number of rotatable bonds is 2. The van der Waals surface area contributed by atoms with Crippen LogP contribution in [0.15, 0.2) is 30.3 Å². The molecule has 1 aliphatic rings. The van der Waals surface area contributed by atoms with Crippen LogP contribution in [0.2, 0.25) is 0 Å². The first-order chi connectivity index (χ1) is 7.57. The fraction of sp³-hybridized carbons (Fsp3) is 0.417. The van der Waals surface area contributed by atoms with E-state index in [2.05, 4.69) is 0 Å². The zero-order valence-corrected chi connectivity index (χ0v) is 8.83. The van der Waals surface area contributed by atoms with Gasteiger partial charge >= 0.3 is 0 Å². The molecule has 0 unspecified atom stereocenters. The summed E-state index contributed by atoms with van der Waals surface area (Å²) in [6, 6.07) is 9.19. The normalized spacial score (nSPS) is 19.9. The lowest BCUT2D eigenvalue weighted by atomic mass is 10.1. The molecule has 1 aromatic carbocycles. The number of piperidine rings is 1. The number of nitrogens with zero attached hydrogens (tertiary/aromatic N) is 1. The average molecular weight is 225 g/mol. The van der Waals surface area contributed by atoms with Gasteiger partial charge in [-0.2, -0.15) is 0 Å². The van der Waals surface area contributed by atoms with Gasteiger partial charge in [-0.15, -0.1) is 0 Å². The molecule has 1 aromatic rings. The molecule has 0 atom stereocenters. The van der Waals surface area contributed by atoms with Crippen LogP contribution >= 0.6 is 0 Å². The number of hydrogen-bond acceptors (Lipinski definition) is 1. The summed E-state index contributed by atoms with van der Waals surface area (Å²) in [6.45, 7) is -0.185. The van der Waals surface area contributed by atoms with Crippen LogP contribution in [0.3, 0.4) is 0 Å². The molecule has 16 heavy (non-hydrogen) atoms.